The van der Waals surface area contributed by atoms with E-state index in [0.717, 1.165) is 37.6 Å². The minimum atomic E-state index is 0.697. The molecule has 124 valence electrons. The van der Waals surface area contributed by atoms with Gasteiger partial charge in [0.05, 0.1) is 12.7 Å². The van der Waals surface area contributed by atoms with E-state index in [4.69, 9.17) is 0 Å². The fourth-order valence-corrected chi connectivity index (χ4v) is 2.41. The third-order valence-electron chi connectivity index (χ3n) is 3.86. The van der Waals surface area contributed by atoms with Gasteiger partial charge in [-0.1, -0.05) is 24.3 Å². The minimum absolute atomic E-state index is 0.697. The summed E-state index contributed by atoms with van der Waals surface area (Å²) in [4.78, 5) is 4.67. The molecule has 0 saturated carbocycles. The molecule has 0 bridgehead atoms. The number of hydrogen-bond acceptors (Lipinski definition) is 2. The molecule has 2 aromatic rings. The molecule has 0 fully saturated rings. The summed E-state index contributed by atoms with van der Waals surface area (Å²) in [5.74, 6) is 0.875. The third-order valence-corrected chi connectivity index (χ3v) is 3.86. The van der Waals surface area contributed by atoms with Gasteiger partial charge >= 0.3 is 0 Å². The highest BCUT2D eigenvalue weighted by Gasteiger charge is 2.02. The Kier molecular flexibility index (Phi) is 6.66. The minimum Gasteiger partial charge on any atom is -0.357 e. The lowest BCUT2D eigenvalue weighted by atomic mass is 10.1. The fraction of sp³-hybridized carbons (Fsp3) is 0.444. The highest BCUT2D eigenvalue weighted by Crippen LogP contribution is 2.08. The van der Waals surface area contributed by atoms with Gasteiger partial charge in [-0.05, 0) is 50.3 Å². The molecule has 2 rings (SSSR count). The zero-order chi connectivity index (χ0) is 16.5. The number of nitrogens with one attached hydrogen (secondary N) is 3. The average Bonchev–Trinajstić information content (AvgIpc) is 2.95. The second-order valence-electron chi connectivity index (χ2n) is 5.67. The first-order chi connectivity index (χ1) is 11.2. The number of H-pyrrole nitrogens is 1. The van der Waals surface area contributed by atoms with Crippen LogP contribution in [-0.4, -0.2) is 29.2 Å². The van der Waals surface area contributed by atoms with Crippen molar-refractivity contribution in [3.63, 3.8) is 0 Å². The van der Waals surface area contributed by atoms with E-state index in [1.165, 1.54) is 16.7 Å². The largest absolute Gasteiger partial charge is 0.357 e. The summed E-state index contributed by atoms with van der Waals surface area (Å²) in [7, 11) is 0. The van der Waals surface area contributed by atoms with Gasteiger partial charge in [0.2, 0.25) is 0 Å². The van der Waals surface area contributed by atoms with E-state index in [1.807, 2.05) is 6.20 Å². The molecular formula is C18H27N5. The average molecular weight is 313 g/mol. The van der Waals surface area contributed by atoms with Crippen molar-refractivity contribution in [2.75, 3.05) is 13.1 Å². The SMILES string of the molecule is CCNC(=NCc1ccccc1C)NCCCc1cn[nH]c1C. The number of aliphatic imine (C=N–C) groups is 1. The summed E-state index contributed by atoms with van der Waals surface area (Å²) in [6.45, 7) is 8.72. The Bertz CT molecular complexity index is 630. The van der Waals surface area contributed by atoms with Gasteiger partial charge in [0, 0.05) is 18.8 Å². The van der Waals surface area contributed by atoms with Gasteiger partial charge in [-0.3, -0.25) is 5.10 Å². The molecule has 23 heavy (non-hydrogen) atoms. The van der Waals surface area contributed by atoms with Crippen molar-refractivity contribution in [3.05, 3.63) is 52.8 Å². The quantitative estimate of drug-likeness (QED) is 0.418. The normalized spacial score (nSPS) is 11.5. The van der Waals surface area contributed by atoms with Crippen molar-refractivity contribution in [3.8, 4) is 0 Å². The van der Waals surface area contributed by atoms with Gasteiger partial charge in [0.25, 0.3) is 0 Å². The summed E-state index contributed by atoms with van der Waals surface area (Å²) < 4.78 is 0. The number of benzene rings is 1. The molecule has 0 saturated heterocycles. The van der Waals surface area contributed by atoms with Crippen LogP contribution in [0.4, 0.5) is 0 Å². The van der Waals surface area contributed by atoms with Crippen molar-refractivity contribution < 1.29 is 0 Å². The predicted molar refractivity (Wildman–Crippen MR) is 95.6 cm³/mol. The van der Waals surface area contributed by atoms with Crippen LogP contribution in [-0.2, 0) is 13.0 Å². The molecule has 0 aliphatic carbocycles. The summed E-state index contributed by atoms with van der Waals surface area (Å²) >= 11 is 0. The van der Waals surface area contributed by atoms with E-state index >= 15 is 0 Å². The first-order valence-electron chi connectivity index (χ1n) is 8.26. The fourth-order valence-electron chi connectivity index (χ4n) is 2.41. The number of guanidine groups is 1. The van der Waals surface area contributed by atoms with Gasteiger partial charge in [0.1, 0.15) is 0 Å². The highest BCUT2D eigenvalue weighted by molar-refractivity contribution is 5.79. The first-order valence-corrected chi connectivity index (χ1v) is 8.26. The number of nitrogens with zero attached hydrogens (tertiary/aromatic N) is 2. The molecule has 5 heteroatoms. The van der Waals surface area contributed by atoms with E-state index < -0.39 is 0 Å². The van der Waals surface area contributed by atoms with Crippen LogP contribution >= 0.6 is 0 Å². The Morgan fingerprint density at radius 2 is 2.00 bits per heavy atom. The highest BCUT2D eigenvalue weighted by atomic mass is 15.2. The van der Waals surface area contributed by atoms with Crippen LogP contribution in [0, 0.1) is 13.8 Å². The molecule has 0 spiro atoms. The lowest BCUT2D eigenvalue weighted by Crippen LogP contribution is -2.37. The molecule has 0 aliphatic rings. The maximum atomic E-state index is 4.67. The molecule has 0 aliphatic heterocycles. The molecule has 0 amide bonds. The van der Waals surface area contributed by atoms with Gasteiger partial charge in [-0.25, -0.2) is 4.99 Å². The Hall–Kier alpha value is -2.30. The molecule has 0 radical (unpaired) electrons. The van der Waals surface area contributed by atoms with Crippen molar-refractivity contribution in [2.24, 2.45) is 4.99 Å². The Balaban J connectivity index is 1.82. The monoisotopic (exact) mass is 313 g/mol. The summed E-state index contributed by atoms with van der Waals surface area (Å²) in [5, 5.41) is 13.7. The van der Waals surface area contributed by atoms with Crippen molar-refractivity contribution in [1.29, 1.82) is 0 Å². The number of rotatable bonds is 7. The van der Waals surface area contributed by atoms with Gasteiger partial charge in [-0.15, -0.1) is 0 Å². The summed E-state index contributed by atoms with van der Waals surface area (Å²) in [6, 6.07) is 8.37. The van der Waals surface area contributed by atoms with Crippen LogP contribution in [0.2, 0.25) is 0 Å². The van der Waals surface area contributed by atoms with E-state index in [9.17, 15) is 0 Å². The van der Waals surface area contributed by atoms with E-state index in [-0.39, 0.29) is 0 Å². The predicted octanol–water partition coefficient (Wildman–Crippen LogP) is 2.71. The summed E-state index contributed by atoms with van der Waals surface area (Å²) in [6.07, 6.45) is 3.98. The van der Waals surface area contributed by atoms with Crippen LogP contribution in [0.5, 0.6) is 0 Å². The standard InChI is InChI=1S/C18H27N5/c1-4-19-18(21-12-16-9-6-5-8-14(16)2)20-11-7-10-17-13-22-23-15(17)3/h5-6,8-9,13H,4,7,10-12H2,1-3H3,(H,22,23)(H2,19,20,21). The van der Waals surface area contributed by atoms with E-state index in [2.05, 4.69) is 70.9 Å². The maximum Gasteiger partial charge on any atom is 0.191 e. The van der Waals surface area contributed by atoms with Crippen molar-refractivity contribution in [1.82, 2.24) is 20.8 Å². The van der Waals surface area contributed by atoms with E-state index in [1.54, 1.807) is 0 Å². The number of aromatic amines is 1. The number of hydrogen-bond donors (Lipinski definition) is 3. The Morgan fingerprint density at radius 3 is 2.70 bits per heavy atom. The maximum absolute atomic E-state index is 4.67. The molecule has 1 aromatic carbocycles. The van der Waals surface area contributed by atoms with Crippen LogP contribution in [0.1, 0.15) is 35.7 Å². The molecule has 0 unspecified atom stereocenters. The first kappa shape index (κ1) is 17.1. The lowest BCUT2D eigenvalue weighted by molar-refractivity contribution is 0.742. The number of aryl methyl sites for hydroxylation is 3. The molecule has 5 nitrogen and oxygen atoms in total. The van der Waals surface area contributed by atoms with Crippen LogP contribution in [0.25, 0.3) is 0 Å². The smallest absolute Gasteiger partial charge is 0.191 e. The van der Waals surface area contributed by atoms with Crippen molar-refractivity contribution in [2.45, 2.75) is 40.2 Å². The lowest BCUT2D eigenvalue weighted by Gasteiger charge is -2.11. The van der Waals surface area contributed by atoms with Crippen LogP contribution < -0.4 is 10.6 Å². The zero-order valence-corrected chi connectivity index (χ0v) is 14.3. The van der Waals surface area contributed by atoms with Gasteiger partial charge < -0.3 is 10.6 Å². The van der Waals surface area contributed by atoms with E-state index in [0.29, 0.717) is 6.54 Å². The number of aromatic nitrogens is 2. The Morgan fingerprint density at radius 1 is 1.17 bits per heavy atom. The van der Waals surface area contributed by atoms with Crippen molar-refractivity contribution >= 4 is 5.96 Å². The topological polar surface area (TPSA) is 65.1 Å². The second-order valence-corrected chi connectivity index (χ2v) is 5.67. The molecule has 0 atom stereocenters. The molecule has 3 N–H and O–H groups in total. The van der Waals surface area contributed by atoms with Gasteiger partial charge in [-0.2, -0.15) is 5.10 Å². The second kappa shape index (κ2) is 8.98. The molecule has 1 heterocycles. The van der Waals surface area contributed by atoms with Crippen LogP contribution in [0.15, 0.2) is 35.5 Å². The van der Waals surface area contributed by atoms with Gasteiger partial charge in [0.15, 0.2) is 5.96 Å². The third kappa shape index (κ3) is 5.43. The molecular weight excluding hydrogens is 286 g/mol. The van der Waals surface area contributed by atoms with Crippen LogP contribution in [0.3, 0.4) is 0 Å². The molecule has 1 aromatic heterocycles. The Labute approximate surface area is 138 Å². The summed E-state index contributed by atoms with van der Waals surface area (Å²) in [5.41, 5.74) is 4.99. The zero-order valence-electron chi connectivity index (χ0n) is 14.3.